The Hall–Kier alpha value is -0.600. The van der Waals surface area contributed by atoms with Gasteiger partial charge in [0.2, 0.25) is 0 Å². The van der Waals surface area contributed by atoms with Crippen LogP contribution < -0.4 is 5.73 Å². The van der Waals surface area contributed by atoms with Crippen LogP contribution in [0.5, 0.6) is 0 Å². The summed E-state index contributed by atoms with van der Waals surface area (Å²) in [6, 6.07) is 1.74. The van der Waals surface area contributed by atoms with E-state index in [4.69, 9.17) is 17.3 Å². The maximum Gasteiger partial charge on any atom is 0.0484 e. The largest absolute Gasteiger partial charge is 0.324 e. The van der Waals surface area contributed by atoms with Crippen molar-refractivity contribution in [1.29, 1.82) is 0 Å². The smallest absolute Gasteiger partial charge is 0.0484 e. The molecule has 1 heterocycles. The second-order valence-corrected chi connectivity index (χ2v) is 3.57. The van der Waals surface area contributed by atoms with Crippen LogP contribution in [-0.4, -0.2) is 4.98 Å². The summed E-state index contributed by atoms with van der Waals surface area (Å²) in [7, 11) is 0. The Kier molecular flexibility index (Phi) is 3.06. The van der Waals surface area contributed by atoms with Crippen LogP contribution in [0.4, 0.5) is 0 Å². The fraction of sp³-hybridized carbons (Fsp3) is 0.444. The van der Waals surface area contributed by atoms with Gasteiger partial charge in [-0.2, -0.15) is 0 Å². The van der Waals surface area contributed by atoms with E-state index in [1.807, 2.05) is 0 Å². The summed E-state index contributed by atoms with van der Waals surface area (Å²) >= 11 is 5.94. The van der Waals surface area contributed by atoms with Crippen LogP contribution in [0.2, 0.25) is 5.02 Å². The minimum Gasteiger partial charge on any atom is -0.324 e. The van der Waals surface area contributed by atoms with Gasteiger partial charge in [-0.15, -0.1) is 0 Å². The number of aromatic nitrogens is 1. The highest BCUT2D eigenvalue weighted by Crippen LogP contribution is 2.24. The molecule has 0 aliphatic carbocycles. The first kappa shape index (κ1) is 9.49. The third-order valence-electron chi connectivity index (χ3n) is 1.87. The standard InChI is InChI=1S/C9H13ClN2/c1-6(2)9(11)7-5-12-4-3-8(7)10/h3-6,9H,11H2,1-2H3. The van der Waals surface area contributed by atoms with Crippen molar-refractivity contribution in [2.24, 2.45) is 11.7 Å². The number of hydrogen-bond acceptors (Lipinski definition) is 2. The lowest BCUT2D eigenvalue weighted by Gasteiger charge is -2.16. The van der Waals surface area contributed by atoms with Crippen LogP contribution in [0.1, 0.15) is 25.5 Å². The lowest BCUT2D eigenvalue weighted by atomic mass is 9.99. The minimum absolute atomic E-state index is 0.0220. The van der Waals surface area contributed by atoms with E-state index in [1.54, 1.807) is 18.5 Å². The summed E-state index contributed by atoms with van der Waals surface area (Å²) in [5.41, 5.74) is 6.84. The summed E-state index contributed by atoms with van der Waals surface area (Å²) < 4.78 is 0. The quantitative estimate of drug-likeness (QED) is 0.767. The van der Waals surface area contributed by atoms with E-state index in [-0.39, 0.29) is 6.04 Å². The molecule has 0 aromatic carbocycles. The van der Waals surface area contributed by atoms with Gasteiger partial charge in [0.1, 0.15) is 0 Å². The molecule has 0 aliphatic heterocycles. The van der Waals surface area contributed by atoms with Crippen molar-refractivity contribution >= 4 is 11.6 Å². The van der Waals surface area contributed by atoms with Gasteiger partial charge in [0, 0.05) is 29.0 Å². The van der Waals surface area contributed by atoms with Gasteiger partial charge in [0.25, 0.3) is 0 Å². The molecule has 0 bridgehead atoms. The zero-order valence-corrected chi connectivity index (χ0v) is 8.05. The molecule has 1 unspecified atom stereocenters. The number of halogens is 1. The van der Waals surface area contributed by atoms with Gasteiger partial charge in [-0.1, -0.05) is 25.4 Å². The van der Waals surface area contributed by atoms with E-state index in [0.717, 1.165) is 5.56 Å². The second kappa shape index (κ2) is 3.87. The van der Waals surface area contributed by atoms with Crippen molar-refractivity contribution in [2.45, 2.75) is 19.9 Å². The summed E-state index contributed by atoms with van der Waals surface area (Å²) in [6.07, 6.45) is 3.39. The Morgan fingerprint density at radius 3 is 2.67 bits per heavy atom. The van der Waals surface area contributed by atoms with Crippen molar-refractivity contribution < 1.29 is 0 Å². The molecule has 1 rings (SSSR count). The molecule has 1 aromatic heterocycles. The number of nitrogens with two attached hydrogens (primary N) is 1. The predicted octanol–water partition coefficient (Wildman–Crippen LogP) is 2.39. The average Bonchev–Trinajstić information content (AvgIpc) is 2.04. The summed E-state index contributed by atoms with van der Waals surface area (Å²) in [5.74, 6) is 0.381. The Morgan fingerprint density at radius 1 is 1.50 bits per heavy atom. The molecule has 0 radical (unpaired) electrons. The van der Waals surface area contributed by atoms with E-state index in [1.165, 1.54) is 0 Å². The molecular weight excluding hydrogens is 172 g/mol. The molecule has 3 heteroatoms. The zero-order chi connectivity index (χ0) is 9.14. The number of pyridine rings is 1. The monoisotopic (exact) mass is 184 g/mol. The molecule has 12 heavy (non-hydrogen) atoms. The number of hydrogen-bond donors (Lipinski definition) is 1. The molecule has 2 N–H and O–H groups in total. The molecule has 0 spiro atoms. The van der Waals surface area contributed by atoms with E-state index < -0.39 is 0 Å². The van der Waals surface area contributed by atoms with Crippen LogP contribution >= 0.6 is 11.6 Å². The van der Waals surface area contributed by atoms with Gasteiger partial charge in [-0.25, -0.2) is 0 Å². The number of nitrogens with zero attached hydrogens (tertiary/aromatic N) is 1. The lowest BCUT2D eigenvalue weighted by Crippen LogP contribution is -2.17. The molecule has 1 aromatic rings. The van der Waals surface area contributed by atoms with Crippen molar-refractivity contribution in [3.05, 3.63) is 29.0 Å². The van der Waals surface area contributed by atoms with Crippen LogP contribution in [0.25, 0.3) is 0 Å². The first-order chi connectivity index (χ1) is 5.63. The lowest BCUT2D eigenvalue weighted by molar-refractivity contribution is 0.513. The second-order valence-electron chi connectivity index (χ2n) is 3.17. The molecule has 0 aliphatic rings. The summed E-state index contributed by atoms with van der Waals surface area (Å²) in [4.78, 5) is 3.98. The van der Waals surface area contributed by atoms with E-state index >= 15 is 0 Å². The molecule has 0 fully saturated rings. The molecule has 1 atom stereocenters. The fourth-order valence-electron chi connectivity index (χ4n) is 0.994. The molecule has 66 valence electrons. The SMILES string of the molecule is CC(C)C(N)c1cnccc1Cl. The highest BCUT2D eigenvalue weighted by Gasteiger charge is 2.13. The van der Waals surface area contributed by atoms with Crippen molar-refractivity contribution in [1.82, 2.24) is 4.98 Å². The van der Waals surface area contributed by atoms with Gasteiger partial charge in [-0.3, -0.25) is 4.98 Å². The van der Waals surface area contributed by atoms with Gasteiger partial charge < -0.3 is 5.73 Å². The molecule has 0 saturated carbocycles. The van der Waals surface area contributed by atoms with Crippen molar-refractivity contribution in [2.75, 3.05) is 0 Å². The Labute approximate surface area is 77.8 Å². The molecule has 0 saturated heterocycles. The maximum atomic E-state index is 5.94. The summed E-state index contributed by atoms with van der Waals surface area (Å²) in [5, 5.41) is 0.700. The Balaban J connectivity index is 2.94. The highest BCUT2D eigenvalue weighted by molar-refractivity contribution is 6.31. The molecule has 0 amide bonds. The van der Waals surface area contributed by atoms with Crippen LogP contribution in [0.3, 0.4) is 0 Å². The van der Waals surface area contributed by atoms with Gasteiger partial charge >= 0.3 is 0 Å². The predicted molar refractivity (Wildman–Crippen MR) is 51.0 cm³/mol. The van der Waals surface area contributed by atoms with Crippen LogP contribution in [0, 0.1) is 5.92 Å². The minimum atomic E-state index is -0.0220. The normalized spacial score (nSPS) is 13.4. The molecule has 2 nitrogen and oxygen atoms in total. The topological polar surface area (TPSA) is 38.9 Å². The van der Waals surface area contributed by atoms with Crippen LogP contribution in [-0.2, 0) is 0 Å². The van der Waals surface area contributed by atoms with E-state index in [9.17, 15) is 0 Å². The maximum absolute atomic E-state index is 5.94. The summed E-state index contributed by atoms with van der Waals surface area (Å²) in [6.45, 7) is 4.13. The zero-order valence-electron chi connectivity index (χ0n) is 7.29. The average molecular weight is 185 g/mol. The van der Waals surface area contributed by atoms with Crippen molar-refractivity contribution in [3.63, 3.8) is 0 Å². The third-order valence-corrected chi connectivity index (χ3v) is 2.22. The third kappa shape index (κ3) is 1.96. The van der Waals surface area contributed by atoms with Gasteiger partial charge in [-0.05, 0) is 12.0 Å². The fourth-order valence-corrected chi connectivity index (χ4v) is 1.23. The van der Waals surface area contributed by atoms with E-state index in [2.05, 4.69) is 18.8 Å². The first-order valence-corrected chi connectivity index (χ1v) is 4.35. The van der Waals surface area contributed by atoms with Gasteiger partial charge in [0.05, 0.1) is 0 Å². The van der Waals surface area contributed by atoms with E-state index in [0.29, 0.717) is 10.9 Å². The number of rotatable bonds is 2. The Bertz CT molecular complexity index is 260. The Morgan fingerprint density at radius 2 is 2.17 bits per heavy atom. The van der Waals surface area contributed by atoms with Crippen LogP contribution in [0.15, 0.2) is 18.5 Å². The molecular formula is C9H13ClN2. The highest BCUT2D eigenvalue weighted by atomic mass is 35.5. The van der Waals surface area contributed by atoms with Crippen molar-refractivity contribution in [3.8, 4) is 0 Å². The first-order valence-electron chi connectivity index (χ1n) is 3.98. The van der Waals surface area contributed by atoms with Gasteiger partial charge in [0.15, 0.2) is 0 Å².